The highest BCUT2D eigenvalue weighted by Crippen LogP contribution is 2.37. The summed E-state index contributed by atoms with van der Waals surface area (Å²) in [5, 5.41) is 40.1. The van der Waals surface area contributed by atoms with Crippen molar-refractivity contribution in [3.8, 4) is 23.1 Å². The van der Waals surface area contributed by atoms with Gasteiger partial charge in [-0.1, -0.05) is 0 Å². The number of benzene rings is 1. The molecule has 0 spiro atoms. The number of hydrogen-bond acceptors (Lipinski definition) is 7. The summed E-state index contributed by atoms with van der Waals surface area (Å²) in [6.45, 7) is 3.78. The summed E-state index contributed by atoms with van der Waals surface area (Å²) in [7, 11) is 0. The lowest BCUT2D eigenvalue weighted by molar-refractivity contribution is -0.138. The number of nitrogens with one attached hydrogen (secondary N) is 1. The van der Waals surface area contributed by atoms with E-state index in [1.165, 1.54) is 0 Å². The lowest BCUT2D eigenvalue weighted by atomic mass is 10.0. The van der Waals surface area contributed by atoms with Crippen LogP contribution in [0, 0.1) is 18.3 Å². The molecule has 2 heterocycles. The van der Waals surface area contributed by atoms with Crippen molar-refractivity contribution in [2.45, 2.75) is 44.8 Å². The maximum absolute atomic E-state index is 12.9. The van der Waals surface area contributed by atoms with Crippen LogP contribution in [-0.2, 0) is 11.0 Å². The van der Waals surface area contributed by atoms with Crippen molar-refractivity contribution < 1.29 is 28.2 Å². The number of aromatic hydroxyl groups is 1. The first-order valence-corrected chi connectivity index (χ1v) is 10.5. The lowest BCUT2D eigenvalue weighted by Crippen LogP contribution is -2.42. The largest absolute Gasteiger partial charge is 0.507 e. The monoisotopic (exact) mass is 463 g/mol. The first kappa shape index (κ1) is 24.3. The molecule has 0 amide bonds. The third kappa shape index (κ3) is 5.90. The molecule has 3 N–H and O–H groups in total. The number of alkyl halides is 3. The molecule has 1 atom stereocenters. The number of phenols is 1. The summed E-state index contributed by atoms with van der Waals surface area (Å²) in [6.07, 6.45) is -2.20. The van der Waals surface area contributed by atoms with Gasteiger partial charge >= 0.3 is 12.1 Å². The van der Waals surface area contributed by atoms with Crippen LogP contribution in [0.3, 0.4) is 0 Å². The van der Waals surface area contributed by atoms with Crippen LogP contribution in [0.25, 0.3) is 11.3 Å². The number of piperidine rings is 1. The Hall–Kier alpha value is -3.39. The van der Waals surface area contributed by atoms with E-state index >= 15 is 0 Å². The minimum Gasteiger partial charge on any atom is -0.507 e. The topological polar surface area (TPSA) is 122 Å². The molecule has 1 aliphatic rings. The SMILES string of the molecule is Cc1c(-c2ccc(C(F)(F)F)cc2O)nnc(N[C@@H]2CCCN(CCCC(=O)O)C2)c1C#N. The van der Waals surface area contributed by atoms with Crippen molar-refractivity contribution in [2.75, 3.05) is 25.0 Å². The standard InChI is InChI=1S/C22H24F3N5O3/c1-13-17(11-26)21(27-15-4-2-8-30(12-15)9-3-5-19(32)33)29-28-20(13)16-7-6-14(10-18(16)31)22(23,24)25/h6-7,10,15,31H,2-5,8-9,12H2,1H3,(H,27,29)(H,32,33)/t15-/m1/s1. The van der Waals surface area contributed by atoms with Crippen LogP contribution in [-0.4, -0.2) is 57.0 Å². The van der Waals surface area contributed by atoms with Gasteiger partial charge in [0.25, 0.3) is 0 Å². The Kier molecular flexibility index (Phi) is 7.38. The Morgan fingerprint density at radius 1 is 1.36 bits per heavy atom. The van der Waals surface area contributed by atoms with Gasteiger partial charge in [0, 0.05) is 24.6 Å². The van der Waals surface area contributed by atoms with Gasteiger partial charge in [-0.15, -0.1) is 10.2 Å². The minimum absolute atomic E-state index is 0.0188. The first-order chi connectivity index (χ1) is 15.6. The second kappa shape index (κ2) is 10.0. The van der Waals surface area contributed by atoms with Crippen LogP contribution in [0.1, 0.15) is 42.4 Å². The molecule has 1 aromatic heterocycles. The van der Waals surface area contributed by atoms with Crippen molar-refractivity contribution in [3.63, 3.8) is 0 Å². The third-order valence-corrected chi connectivity index (χ3v) is 5.62. The van der Waals surface area contributed by atoms with Gasteiger partial charge in [0.1, 0.15) is 23.1 Å². The highest BCUT2D eigenvalue weighted by Gasteiger charge is 2.31. The molecule has 0 aliphatic carbocycles. The number of anilines is 1. The van der Waals surface area contributed by atoms with Crippen LogP contribution in [0.2, 0.25) is 0 Å². The maximum Gasteiger partial charge on any atom is 0.416 e. The molecule has 3 rings (SSSR count). The van der Waals surface area contributed by atoms with E-state index in [0.29, 0.717) is 31.1 Å². The fraction of sp³-hybridized carbons (Fsp3) is 0.455. The number of carboxylic acid groups (broad SMARTS) is 1. The van der Waals surface area contributed by atoms with E-state index in [0.717, 1.165) is 31.5 Å². The molecule has 1 fully saturated rings. The summed E-state index contributed by atoms with van der Waals surface area (Å²) in [4.78, 5) is 12.9. The fourth-order valence-corrected chi connectivity index (χ4v) is 3.95. The second-order valence-corrected chi connectivity index (χ2v) is 8.02. The quantitative estimate of drug-likeness (QED) is 0.567. The summed E-state index contributed by atoms with van der Waals surface area (Å²) in [6, 6.07) is 4.63. The summed E-state index contributed by atoms with van der Waals surface area (Å²) >= 11 is 0. The van der Waals surface area contributed by atoms with E-state index in [1.807, 2.05) is 0 Å². The van der Waals surface area contributed by atoms with Crippen molar-refractivity contribution in [1.82, 2.24) is 15.1 Å². The molecule has 11 heteroatoms. The number of phenolic OH excluding ortho intramolecular Hbond substituents is 1. The second-order valence-electron chi connectivity index (χ2n) is 8.02. The number of aromatic nitrogens is 2. The Morgan fingerprint density at radius 3 is 2.76 bits per heavy atom. The van der Waals surface area contributed by atoms with Crippen LogP contribution in [0.15, 0.2) is 18.2 Å². The Balaban J connectivity index is 1.79. The van der Waals surface area contributed by atoms with E-state index in [-0.39, 0.29) is 35.1 Å². The molecule has 0 unspecified atom stereocenters. The van der Waals surface area contributed by atoms with Crippen molar-refractivity contribution in [1.29, 1.82) is 5.26 Å². The molecule has 33 heavy (non-hydrogen) atoms. The number of rotatable bonds is 7. The average Bonchev–Trinajstić information content (AvgIpc) is 2.74. The van der Waals surface area contributed by atoms with Gasteiger partial charge in [0.05, 0.1) is 5.56 Å². The van der Waals surface area contributed by atoms with E-state index in [9.17, 15) is 28.3 Å². The molecule has 176 valence electrons. The number of halogens is 3. The lowest BCUT2D eigenvalue weighted by Gasteiger charge is -2.33. The van der Waals surface area contributed by atoms with Gasteiger partial charge in [-0.05, 0) is 63.0 Å². The predicted molar refractivity (Wildman–Crippen MR) is 114 cm³/mol. The molecule has 2 aromatic rings. The van der Waals surface area contributed by atoms with Crippen LogP contribution in [0.4, 0.5) is 19.0 Å². The van der Waals surface area contributed by atoms with Crippen molar-refractivity contribution in [2.24, 2.45) is 0 Å². The number of likely N-dealkylation sites (tertiary alicyclic amines) is 1. The number of nitrogens with zero attached hydrogens (tertiary/aromatic N) is 4. The molecular weight excluding hydrogens is 439 g/mol. The highest BCUT2D eigenvalue weighted by atomic mass is 19.4. The van der Waals surface area contributed by atoms with E-state index in [4.69, 9.17) is 5.11 Å². The number of carbonyl (C=O) groups is 1. The maximum atomic E-state index is 12.9. The summed E-state index contributed by atoms with van der Waals surface area (Å²) < 4.78 is 38.7. The Labute approximate surface area is 188 Å². The third-order valence-electron chi connectivity index (χ3n) is 5.62. The highest BCUT2D eigenvalue weighted by molar-refractivity contribution is 5.74. The zero-order chi connectivity index (χ0) is 24.2. The van der Waals surface area contributed by atoms with E-state index in [2.05, 4.69) is 26.5 Å². The van der Waals surface area contributed by atoms with Gasteiger partial charge in [-0.3, -0.25) is 4.79 Å². The van der Waals surface area contributed by atoms with Crippen LogP contribution >= 0.6 is 0 Å². The fourth-order valence-electron chi connectivity index (χ4n) is 3.95. The van der Waals surface area contributed by atoms with Gasteiger partial charge in [-0.25, -0.2) is 0 Å². The molecule has 1 aromatic carbocycles. The van der Waals surface area contributed by atoms with E-state index in [1.54, 1.807) is 6.92 Å². The predicted octanol–water partition coefficient (Wildman–Crippen LogP) is 3.79. The normalized spacial score (nSPS) is 16.9. The van der Waals surface area contributed by atoms with Crippen molar-refractivity contribution >= 4 is 11.8 Å². The zero-order valence-corrected chi connectivity index (χ0v) is 18.0. The Morgan fingerprint density at radius 2 is 2.12 bits per heavy atom. The van der Waals surface area contributed by atoms with Gasteiger partial charge in [0.2, 0.25) is 0 Å². The minimum atomic E-state index is -4.59. The summed E-state index contributed by atoms with van der Waals surface area (Å²) in [5.41, 5.74) is -0.222. The zero-order valence-electron chi connectivity index (χ0n) is 18.0. The number of carboxylic acids is 1. The molecule has 0 radical (unpaired) electrons. The smallest absolute Gasteiger partial charge is 0.416 e. The van der Waals surface area contributed by atoms with E-state index < -0.39 is 23.5 Å². The Bertz CT molecular complexity index is 1070. The first-order valence-electron chi connectivity index (χ1n) is 10.5. The van der Waals surface area contributed by atoms with Crippen molar-refractivity contribution in [3.05, 3.63) is 34.9 Å². The molecule has 8 nitrogen and oxygen atoms in total. The number of hydrogen-bond donors (Lipinski definition) is 3. The summed E-state index contributed by atoms with van der Waals surface area (Å²) in [5.74, 6) is -1.16. The molecule has 0 bridgehead atoms. The molecule has 0 saturated carbocycles. The molecular formula is C22H24F3N5O3. The van der Waals surface area contributed by atoms with Crippen LogP contribution < -0.4 is 5.32 Å². The van der Waals surface area contributed by atoms with Gasteiger partial charge in [0.15, 0.2) is 5.82 Å². The molecule has 1 saturated heterocycles. The number of aliphatic carboxylic acids is 1. The molecule has 1 aliphatic heterocycles. The van der Waals surface area contributed by atoms with Gasteiger partial charge in [-0.2, -0.15) is 18.4 Å². The average molecular weight is 463 g/mol. The number of nitriles is 1. The van der Waals surface area contributed by atoms with Crippen LogP contribution in [0.5, 0.6) is 5.75 Å². The van der Waals surface area contributed by atoms with Gasteiger partial charge < -0.3 is 20.4 Å².